The number of rotatable bonds is 3. The molecule has 0 unspecified atom stereocenters. The molecule has 1 aliphatic carbocycles. The van der Waals surface area contributed by atoms with Crippen LogP contribution in [0.1, 0.15) is 23.2 Å². The van der Waals surface area contributed by atoms with Crippen molar-refractivity contribution in [2.75, 3.05) is 18.4 Å². The predicted octanol–water partition coefficient (Wildman–Crippen LogP) is 3.32. The van der Waals surface area contributed by atoms with Crippen LogP contribution >= 0.6 is 0 Å². The van der Waals surface area contributed by atoms with Crippen LogP contribution in [0.15, 0.2) is 54.6 Å². The van der Waals surface area contributed by atoms with Crippen LogP contribution in [0.4, 0.5) is 10.1 Å². The Morgan fingerprint density at radius 3 is 2.68 bits per heavy atom. The van der Waals surface area contributed by atoms with Crippen LogP contribution in [0.25, 0.3) is 0 Å². The molecule has 0 radical (unpaired) electrons. The van der Waals surface area contributed by atoms with Crippen LogP contribution in [0.5, 0.6) is 0 Å². The number of nitrogens with one attached hydrogen (secondary N) is 1. The molecule has 2 aliphatic rings. The van der Waals surface area contributed by atoms with Gasteiger partial charge < -0.3 is 10.2 Å². The van der Waals surface area contributed by atoms with Gasteiger partial charge in [0.25, 0.3) is 5.91 Å². The molecule has 4 rings (SSSR count). The molecule has 1 saturated carbocycles. The zero-order valence-electron chi connectivity index (χ0n) is 13.7. The molecule has 1 aliphatic heterocycles. The summed E-state index contributed by atoms with van der Waals surface area (Å²) in [5.74, 6) is -0.540. The summed E-state index contributed by atoms with van der Waals surface area (Å²) in [7, 11) is 0. The number of carbonyl (C=O) groups is 2. The second kappa shape index (κ2) is 5.99. The van der Waals surface area contributed by atoms with Crippen molar-refractivity contribution < 1.29 is 14.0 Å². The third-order valence-electron chi connectivity index (χ3n) is 5.29. The Morgan fingerprint density at radius 2 is 1.92 bits per heavy atom. The molecule has 2 amide bonds. The zero-order valence-corrected chi connectivity index (χ0v) is 13.7. The number of nitrogens with zero attached hydrogens (tertiary/aromatic N) is 1. The maximum absolute atomic E-state index is 13.2. The zero-order chi connectivity index (χ0) is 17.4. The highest BCUT2D eigenvalue weighted by Gasteiger charge is 2.61. The summed E-state index contributed by atoms with van der Waals surface area (Å²) in [6.45, 7) is 1.29. The first kappa shape index (κ1) is 15.8. The molecule has 25 heavy (non-hydrogen) atoms. The standard InChI is InChI=1S/C20H19FN2O2/c21-15-7-4-8-16(11-15)22-18(24)17-12-20(17)9-10-23(13-20)19(25)14-5-2-1-3-6-14/h1-8,11,17H,9-10,12-13H2,(H,22,24)/t17-,20-/m1/s1. The highest BCUT2D eigenvalue weighted by atomic mass is 19.1. The molecular formula is C20H19FN2O2. The number of hydrogen-bond acceptors (Lipinski definition) is 2. The van der Waals surface area contributed by atoms with E-state index >= 15 is 0 Å². The lowest BCUT2D eigenvalue weighted by atomic mass is 10.0. The summed E-state index contributed by atoms with van der Waals surface area (Å²) < 4.78 is 13.2. The molecule has 128 valence electrons. The number of anilines is 1. The fourth-order valence-corrected chi connectivity index (χ4v) is 3.80. The van der Waals surface area contributed by atoms with Gasteiger partial charge in [-0.1, -0.05) is 24.3 Å². The third-order valence-corrected chi connectivity index (χ3v) is 5.29. The third kappa shape index (κ3) is 3.02. The first-order valence-electron chi connectivity index (χ1n) is 8.48. The highest BCUT2D eigenvalue weighted by molar-refractivity contribution is 5.96. The lowest BCUT2D eigenvalue weighted by Crippen LogP contribution is -2.29. The average molecular weight is 338 g/mol. The van der Waals surface area contributed by atoms with Crippen molar-refractivity contribution in [1.82, 2.24) is 4.90 Å². The van der Waals surface area contributed by atoms with E-state index in [4.69, 9.17) is 0 Å². The van der Waals surface area contributed by atoms with Gasteiger partial charge in [0.1, 0.15) is 5.82 Å². The number of carbonyl (C=O) groups excluding carboxylic acids is 2. The molecule has 2 atom stereocenters. The summed E-state index contributed by atoms with van der Waals surface area (Å²) in [6, 6.07) is 15.1. The second-order valence-corrected chi connectivity index (χ2v) is 6.96. The summed E-state index contributed by atoms with van der Waals surface area (Å²) in [6.07, 6.45) is 1.62. The van der Waals surface area contributed by atoms with Gasteiger partial charge in [0.2, 0.25) is 5.91 Å². The van der Waals surface area contributed by atoms with Gasteiger partial charge in [-0.15, -0.1) is 0 Å². The number of likely N-dealkylation sites (tertiary alicyclic amines) is 1. The van der Waals surface area contributed by atoms with Gasteiger partial charge in [0.05, 0.1) is 0 Å². The van der Waals surface area contributed by atoms with Crippen molar-refractivity contribution in [2.24, 2.45) is 11.3 Å². The van der Waals surface area contributed by atoms with Crippen molar-refractivity contribution in [1.29, 1.82) is 0 Å². The Balaban J connectivity index is 1.39. The molecule has 2 aromatic carbocycles. The topological polar surface area (TPSA) is 49.4 Å². The van der Waals surface area contributed by atoms with E-state index in [0.29, 0.717) is 24.3 Å². The van der Waals surface area contributed by atoms with Gasteiger partial charge in [-0.05, 0) is 43.2 Å². The fourth-order valence-electron chi connectivity index (χ4n) is 3.80. The van der Waals surface area contributed by atoms with Gasteiger partial charge in [-0.3, -0.25) is 9.59 Å². The van der Waals surface area contributed by atoms with Crippen molar-refractivity contribution in [3.8, 4) is 0 Å². The largest absolute Gasteiger partial charge is 0.338 e. The lowest BCUT2D eigenvalue weighted by Gasteiger charge is -2.16. The summed E-state index contributed by atoms with van der Waals surface area (Å²) in [4.78, 5) is 26.8. The fraction of sp³-hybridized carbons (Fsp3) is 0.300. The summed E-state index contributed by atoms with van der Waals surface area (Å²) >= 11 is 0. The first-order chi connectivity index (χ1) is 12.1. The molecule has 1 saturated heterocycles. The number of benzene rings is 2. The minimum Gasteiger partial charge on any atom is -0.338 e. The monoisotopic (exact) mass is 338 g/mol. The summed E-state index contributed by atoms with van der Waals surface area (Å²) in [5.41, 5.74) is 1.05. The maximum atomic E-state index is 13.2. The number of amides is 2. The van der Waals surface area contributed by atoms with E-state index in [-0.39, 0.29) is 29.0 Å². The Morgan fingerprint density at radius 1 is 1.12 bits per heavy atom. The van der Waals surface area contributed by atoms with E-state index in [1.54, 1.807) is 12.1 Å². The van der Waals surface area contributed by atoms with Crippen LogP contribution in [-0.2, 0) is 4.79 Å². The minimum absolute atomic E-state index is 0.0219. The van der Waals surface area contributed by atoms with Gasteiger partial charge in [-0.25, -0.2) is 4.39 Å². The van der Waals surface area contributed by atoms with Gasteiger partial charge in [-0.2, -0.15) is 0 Å². The second-order valence-electron chi connectivity index (χ2n) is 6.96. The molecule has 1 N–H and O–H groups in total. The highest BCUT2D eigenvalue weighted by Crippen LogP contribution is 2.58. The summed E-state index contributed by atoms with van der Waals surface area (Å²) in [5, 5.41) is 2.79. The van der Waals surface area contributed by atoms with Crippen molar-refractivity contribution in [2.45, 2.75) is 12.8 Å². The first-order valence-corrected chi connectivity index (χ1v) is 8.48. The Labute approximate surface area is 145 Å². The Hall–Kier alpha value is -2.69. The van der Waals surface area contributed by atoms with Crippen LogP contribution in [-0.4, -0.2) is 29.8 Å². The van der Waals surface area contributed by atoms with E-state index in [0.717, 1.165) is 12.8 Å². The minimum atomic E-state index is -0.371. The van der Waals surface area contributed by atoms with Crippen LogP contribution < -0.4 is 5.32 Å². The molecule has 1 heterocycles. The lowest BCUT2D eigenvalue weighted by molar-refractivity contribution is -0.118. The van der Waals surface area contributed by atoms with Crippen molar-refractivity contribution >= 4 is 17.5 Å². The van der Waals surface area contributed by atoms with Gasteiger partial charge in [0.15, 0.2) is 0 Å². The average Bonchev–Trinajstić information content (AvgIpc) is 3.16. The van der Waals surface area contributed by atoms with E-state index in [1.165, 1.54) is 12.1 Å². The quantitative estimate of drug-likeness (QED) is 0.933. The van der Waals surface area contributed by atoms with E-state index in [2.05, 4.69) is 5.32 Å². The van der Waals surface area contributed by atoms with Crippen molar-refractivity contribution in [3.63, 3.8) is 0 Å². The molecule has 5 heteroatoms. The molecular weight excluding hydrogens is 319 g/mol. The van der Waals surface area contributed by atoms with Crippen LogP contribution in [0, 0.1) is 17.2 Å². The molecule has 2 fully saturated rings. The Kier molecular flexibility index (Phi) is 3.79. The SMILES string of the molecule is O=C(Nc1cccc(F)c1)[C@H]1C[C@@]12CCN(C(=O)c1ccccc1)C2. The molecule has 1 spiro atoms. The molecule has 0 aromatic heterocycles. The van der Waals surface area contributed by atoms with Crippen molar-refractivity contribution in [3.05, 3.63) is 66.0 Å². The van der Waals surface area contributed by atoms with Gasteiger partial charge >= 0.3 is 0 Å². The number of hydrogen-bond donors (Lipinski definition) is 1. The normalized spacial score (nSPS) is 24.4. The molecule has 2 aromatic rings. The maximum Gasteiger partial charge on any atom is 0.253 e. The Bertz CT molecular complexity index is 823. The molecule has 4 nitrogen and oxygen atoms in total. The van der Waals surface area contributed by atoms with E-state index in [9.17, 15) is 14.0 Å². The predicted molar refractivity (Wildman–Crippen MR) is 92.5 cm³/mol. The van der Waals surface area contributed by atoms with Gasteiger partial charge in [0, 0.05) is 35.7 Å². The van der Waals surface area contributed by atoms with Crippen LogP contribution in [0.3, 0.4) is 0 Å². The number of halogens is 1. The van der Waals surface area contributed by atoms with Crippen LogP contribution in [0.2, 0.25) is 0 Å². The molecule has 0 bridgehead atoms. The van der Waals surface area contributed by atoms with E-state index in [1.807, 2.05) is 35.2 Å². The smallest absolute Gasteiger partial charge is 0.253 e. The van der Waals surface area contributed by atoms with E-state index < -0.39 is 0 Å².